The fourth-order valence-electron chi connectivity index (χ4n) is 1.95. The van der Waals surface area contributed by atoms with Crippen LogP contribution in [0, 0.1) is 0 Å². The molecule has 1 saturated carbocycles. The SMILES string of the molecule is Brc1cccc(Cc2nnc(CCNC3CC3)s2)c1. The number of benzene rings is 1. The van der Waals surface area contributed by atoms with Gasteiger partial charge in [0.25, 0.3) is 0 Å². The van der Waals surface area contributed by atoms with Crippen molar-refractivity contribution in [2.24, 2.45) is 0 Å². The summed E-state index contributed by atoms with van der Waals surface area (Å²) in [5.41, 5.74) is 1.27. The van der Waals surface area contributed by atoms with Crippen molar-refractivity contribution in [3.8, 4) is 0 Å². The second-order valence-corrected chi connectivity index (χ2v) is 6.94. The number of nitrogens with zero attached hydrogens (tertiary/aromatic N) is 2. The number of halogens is 1. The summed E-state index contributed by atoms with van der Waals surface area (Å²) in [4.78, 5) is 0. The monoisotopic (exact) mass is 337 g/mol. The van der Waals surface area contributed by atoms with Crippen LogP contribution in [-0.2, 0) is 12.8 Å². The lowest BCUT2D eigenvalue weighted by Crippen LogP contribution is -2.19. The van der Waals surface area contributed by atoms with Crippen LogP contribution in [0.3, 0.4) is 0 Å². The molecule has 0 bridgehead atoms. The Labute approximate surface area is 125 Å². The van der Waals surface area contributed by atoms with E-state index in [0.717, 1.165) is 39.9 Å². The first-order valence-electron chi connectivity index (χ1n) is 6.59. The van der Waals surface area contributed by atoms with Crippen molar-refractivity contribution in [3.63, 3.8) is 0 Å². The molecule has 1 N–H and O–H groups in total. The van der Waals surface area contributed by atoms with Gasteiger partial charge in [-0.25, -0.2) is 0 Å². The lowest BCUT2D eigenvalue weighted by Gasteiger charge is -1.98. The molecule has 1 aliphatic carbocycles. The maximum atomic E-state index is 4.28. The second kappa shape index (κ2) is 6.11. The highest BCUT2D eigenvalue weighted by Gasteiger charge is 2.19. The molecule has 1 aliphatic rings. The van der Waals surface area contributed by atoms with Crippen LogP contribution in [0.4, 0.5) is 0 Å². The summed E-state index contributed by atoms with van der Waals surface area (Å²) in [5.74, 6) is 0. The Hall–Kier alpha value is -0.780. The highest BCUT2D eigenvalue weighted by atomic mass is 79.9. The fraction of sp³-hybridized carbons (Fsp3) is 0.429. The van der Waals surface area contributed by atoms with Crippen LogP contribution >= 0.6 is 27.3 Å². The van der Waals surface area contributed by atoms with Crippen LogP contribution < -0.4 is 5.32 Å². The predicted molar refractivity (Wildman–Crippen MR) is 81.6 cm³/mol. The summed E-state index contributed by atoms with van der Waals surface area (Å²) in [6.45, 7) is 1.02. The molecular weight excluding hydrogens is 322 g/mol. The van der Waals surface area contributed by atoms with Crippen LogP contribution in [0.1, 0.15) is 28.4 Å². The lowest BCUT2D eigenvalue weighted by atomic mass is 10.2. The third-order valence-electron chi connectivity index (χ3n) is 3.10. The molecule has 1 aromatic heterocycles. The highest BCUT2D eigenvalue weighted by Crippen LogP contribution is 2.20. The lowest BCUT2D eigenvalue weighted by molar-refractivity contribution is 0.677. The zero-order valence-electron chi connectivity index (χ0n) is 10.6. The average molecular weight is 338 g/mol. The van der Waals surface area contributed by atoms with E-state index in [1.54, 1.807) is 11.3 Å². The molecular formula is C14H16BrN3S. The van der Waals surface area contributed by atoms with E-state index in [0.29, 0.717) is 0 Å². The summed E-state index contributed by atoms with van der Waals surface area (Å²) in [6.07, 6.45) is 4.54. The zero-order valence-corrected chi connectivity index (χ0v) is 13.0. The summed E-state index contributed by atoms with van der Waals surface area (Å²) in [6, 6.07) is 9.13. The molecule has 2 aromatic rings. The maximum Gasteiger partial charge on any atom is 0.121 e. The van der Waals surface area contributed by atoms with Gasteiger partial charge < -0.3 is 5.32 Å². The van der Waals surface area contributed by atoms with Crippen LogP contribution in [0.15, 0.2) is 28.7 Å². The van der Waals surface area contributed by atoms with Gasteiger partial charge in [0.15, 0.2) is 0 Å². The number of aromatic nitrogens is 2. The first-order chi connectivity index (χ1) is 9.29. The molecule has 0 atom stereocenters. The van der Waals surface area contributed by atoms with E-state index < -0.39 is 0 Å². The molecule has 3 rings (SSSR count). The molecule has 0 amide bonds. The smallest absolute Gasteiger partial charge is 0.121 e. The number of hydrogen-bond donors (Lipinski definition) is 1. The maximum absolute atomic E-state index is 4.28. The molecule has 5 heteroatoms. The zero-order chi connectivity index (χ0) is 13.1. The molecule has 1 fully saturated rings. The number of hydrogen-bond acceptors (Lipinski definition) is 4. The number of nitrogens with one attached hydrogen (secondary N) is 1. The van der Waals surface area contributed by atoms with Gasteiger partial charge in [0.2, 0.25) is 0 Å². The Bertz CT molecular complexity index is 551. The minimum atomic E-state index is 0.772. The van der Waals surface area contributed by atoms with Crippen molar-refractivity contribution in [1.29, 1.82) is 0 Å². The van der Waals surface area contributed by atoms with Gasteiger partial charge in [-0.05, 0) is 30.5 Å². The Morgan fingerprint density at radius 1 is 1.26 bits per heavy atom. The Balaban J connectivity index is 1.54. The van der Waals surface area contributed by atoms with E-state index in [2.05, 4.69) is 49.6 Å². The van der Waals surface area contributed by atoms with Gasteiger partial charge in [-0.15, -0.1) is 21.5 Å². The van der Waals surface area contributed by atoms with Crippen molar-refractivity contribution in [1.82, 2.24) is 15.5 Å². The van der Waals surface area contributed by atoms with Crippen molar-refractivity contribution < 1.29 is 0 Å². The Kier molecular flexibility index (Phi) is 4.25. The van der Waals surface area contributed by atoms with Gasteiger partial charge in [0.05, 0.1) is 0 Å². The van der Waals surface area contributed by atoms with Gasteiger partial charge in [0, 0.05) is 29.9 Å². The molecule has 1 heterocycles. The third kappa shape index (κ3) is 4.09. The summed E-state index contributed by atoms with van der Waals surface area (Å²) in [7, 11) is 0. The van der Waals surface area contributed by atoms with Gasteiger partial charge in [0.1, 0.15) is 10.0 Å². The van der Waals surface area contributed by atoms with E-state index in [9.17, 15) is 0 Å². The standard InChI is InChI=1S/C14H16BrN3S/c15-11-3-1-2-10(8-11)9-14-18-17-13(19-14)6-7-16-12-4-5-12/h1-3,8,12,16H,4-7,9H2. The van der Waals surface area contributed by atoms with Gasteiger partial charge >= 0.3 is 0 Å². The fourth-order valence-corrected chi connectivity index (χ4v) is 3.28. The predicted octanol–water partition coefficient (Wildman–Crippen LogP) is 3.19. The molecule has 0 radical (unpaired) electrons. The quantitative estimate of drug-likeness (QED) is 0.879. The highest BCUT2D eigenvalue weighted by molar-refractivity contribution is 9.10. The Morgan fingerprint density at radius 3 is 2.89 bits per heavy atom. The largest absolute Gasteiger partial charge is 0.314 e. The molecule has 19 heavy (non-hydrogen) atoms. The number of rotatable bonds is 6. The normalized spacial score (nSPS) is 14.8. The van der Waals surface area contributed by atoms with Crippen molar-refractivity contribution in [2.75, 3.05) is 6.54 Å². The Morgan fingerprint density at radius 2 is 2.11 bits per heavy atom. The van der Waals surface area contributed by atoms with Crippen LogP contribution in [0.5, 0.6) is 0 Å². The van der Waals surface area contributed by atoms with Gasteiger partial charge in [-0.3, -0.25) is 0 Å². The first-order valence-corrected chi connectivity index (χ1v) is 8.19. The summed E-state index contributed by atoms with van der Waals surface area (Å²) >= 11 is 5.22. The van der Waals surface area contributed by atoms with Crippen LogP contribution in [0.2, 0.25) is 0 Å². The third-order valence-corrected chi connectivity index (χ3v) is 4.58. The molecule has 0 saturated heterocycles. The second-order valence-electron chi connectivity index (χ2n) is 4.87. The topological polar surface area (TPSA) is 37.8 Å². The first kappa shape index (κ1) is 13.2. The average Bonchev–Trinajstić information content (AvgIpc) is 3.10. The molecule has 0 aliphatic heterocycles. The van der Waals surface area contributed by atoms with E-state index >= 15 is 0 Å². The summed E-state index contributed by atoms with van der Waals surface area (Å²) < 4.78 is 1.11. The van der Waals surface area contributed by atoms with E-state index in [-0.39, 0.29) is 0 Å². The molecule has 0 spiro atoms. The van der Waals surface area contributed by atoms with Gasteiger partial charge in [-0.1, -0.05) is 28.1 Å². The van der Waals surface area contributed by atoms with Crippen molar-refractivity contribution >= 4 is 27.3 Å². The van der Waals surface area contributed by atoms with E-state index in [4.69, 9.17) is 0 Å². The molecule has 0 unspecified atom stereocenters. The van der Waals surface area contributed by atoms with Crippen molar-refractivity contribution in [2.45, 2.75) is 31.7 Å². The molecule has 3 nitrogen and oxygen atoms in total. The minimum absolute atomic E-state index is 0.772. The van der Waals surface area contributed by atoms with Gasteiger partial charge in [-0.2, -0.15) is 0 Å². The summed E-state index contributed by atoms with van der Waals surface area (Å²) in [5, 5.41) is 14.3. The van der Waals surface area contributed by atoms with E-state index in [1.165, 1.54) is 18.4 Å². The minimum Gasteiger partial charge on any atom is -0.314 e. The molecule has 1 aromatic carbocycles. The van der Waals surface area contributed by atoms with E-state index in [1.807, 2.05) is 6.07 Å². The van der Waals surface area contributed by atoms with Crippen LogP contribution in [-0.4, -0.2) is 22.8 Å². The van der Waals surface area contributed by atoms with Crippen molar-refractivity contribution in [3.05, 3.63) is 44.3 Å². The molecule has 100 valence electrons. The van der Waals surface area contributed by atoms with Crippen LogP contribution in [0.25, 0.3) is 0 Å².